The zero-order chi connectivity index (χ0) is 18.3. The van der Waals surface area contributed by atoms with Crippen LogP contribution in [0.25, 0.3) is 0 Å². The third-order valence-corrected chi connectivity index (χ3v) is 4.60. The molecule has 0 aliphatic carbocycles. The number of halogens is 1. The van der Waals surface area contributed by atoms with E-state index in [2.05, 4.69) is 4.98 Å². The van der Waals surface area contributed by atoms with Gasteiger partial charge in [0.1, 0.15) is 17.8 Å². The number of nitrogens with zero attached hydrogens (tertiary/aromatic N) is 2. The van der Waals surface area contributed by atoms with E-state index in [1.807, 2.05) is 49.4 Å². The van der Waals surface area contributed by atoms with Crippen LogP contribution in [0.5, 0.6) is 17.4 Å². The zero-order valence-corrected chi connectivity index (χ0v) is 14.8. The average molecular weight is 369 g/mol. The van der Waals surface area contributed by atoms with Crippen molar-refractivity contribution in [1.82, 2.24) is 9.66 Å². The second kappa shape index (κ2) is 6.38. The largest absolute Gasteiger partial charge is 0.494 e. The zero-order valence-electron chi connectivity index (χ0n) is 14.1. The molecule has 132 valence electrons. The lowest BCUT2D eigenvalue weighted by Crippen LogP contribution is -2.33. The van der Waals surface area contributed by atoms with Crippen molar-refractivity contribution >= 4 is 11.6 Å². The van der Waals surface area contributed by atoms with Crippen LogP contribution in [0.15, 0.2) is 48.8 Å². The van der Waals surface area contributed by atoms with E-state index in [9.17, 15) is 0 Å². The fourth-order valence-corrected chi connectivity index (χ4v) is 3.31. The predicted molar refractivity (Wildman–Crippen MR) is 98.3 cm³/mol. The maximum atomic E-state index is 8.41. The van der Waals surface area contributed by atoms with Gasteiger partial charge in [-0.3, -0.25) is 5.41 Å². The fraction of sp³-hybridized carbons (Fsp3) is 0.158. The molecule has 26 heavy (non-hydrogen) atoms. The Labute approximate surface area is 155 Å². The first-order valence-electron chi connectivity index (χ1n) is 8.19. The van der Waals surface area contributed by atoms with E-state index in [4.69, 9.17) is 32.3 Å². The highest BCUT2D eigenvalue weighted by Crippen LogP contribution is 2.46. The van der Waals surface area contributed by atoms with Crippen molar-refractivity contribution in [1.29, 1.82) is 5.41 Å². The Morgan fingerprint density at radius 3 is 2.77 bits per heavy atom. The maximum Gasteiger partial charge on any atom is 0.228 e. The van der Waals surface area contributed by atoms with Crippen LogP contribution >= 0.6 is 11.6 Å². The summed E-state index contributed by atoms with van der Waals surface area (Å²) in [7, 11) is 0. The van der Waals surface area contributed by atoms with Gasteiger partial charge >= 0.3 is 0 Å². The van der Waals surface area contributed by atoms with Gasteiger partial charge in [0.15, 0.2) is 5.49 Å². The molecule has 2 heterocycles. The quantitative estimate of drug-likeness (QED) is 0.542. The van der Waals surface area contributed by atoms with Crippen LogP contribution in [-0.2, 0) is 0 Å². The molecule has 0 spiro atoms. The summed E-state index contributed by atoms with van der Waals surface area (Å²) in [5.41, 5.74) is 2.67. The van der Waals surface area contributed by atoms with E-state index in [0.29, 0.717) is 28.8 Å². The number of nitrogens with two attached hydrogens (primary N) is 1. The minimum atomic E-state index is -0.238. The van der Waals surface area contributed by atoms with Gasteiger partial charge in [-0.15, -0.1) is 0 Å². The number of ether oxygens (including phenoxy) is 2. The second-order valence-electron chi connectivity index (χ2n) is 5.94. The van der Waals surface area contributed by atoms with Crippen LogP contribution in [0.3, 0.4) is 0 Å². The lowest BCUT2D eigenvalue weighted by Gasteiger charge is -2.28. The van der Waals surface area contributed by atoms with Gasteiger partial charge in [-0.25, -0.2) is 9.66 Å². The lowest BCUT2D eigenvalue weighted by molar-refractivity contribution is 0.336. The van der Waals surface area contributed by atoms with E-state index in [1.54, 1.807) is 0 Å². The van der Waals surface area contributed by atoms with Gasteiger partial charge in [-0.05, 0) is 30.7 Å². The van der Waals surface area contributed by atoms with Crippen molar-refractivity contribution in [3.63, 3.8) is 0 Å². The molecule has 3 aromatic rings. The summed E-state index contributed by atoms with van der Waals surface area (Å²) in [6, 6.07) is 13.2. The molecule has 1 atom stereocenters. The molecule has 0 amide bonds. The molecule has 1 aliphatic heterocycles. The van der Waals surface area contributed by atoms with Crippen molar-refractivity contribution in [3.05, 3.63) is 76.0 Å². The highest BCUT2D eigenvalue weighted by Gasteiger charge is 2.32. The minimum Gasteiger partial charge on any atom is -0.494 e. The molecule has 0 bridgehead atoms. The van der Waals surface area contributed by atoms with Crippen LogP contribution < -0.4 is 20.8 Å². The smallest absolute Gasteiger partial charge is 0.228 e. The molecule has 1 aliphatic rings. The molecule has 0 saturated heterocycles. The first kappa shape index (κ1) is 16.5. The topological polar surface area (TPSA) is 86.2 Å². The number of fused-ring (bicyclic) bond motifs is 2. The van der Waals surface area contributed by atoms with Crippen LogP contribution in [0.2, 0.25) is 5.02 Å². The fourth-order valence-electron chi connectivity index (χ4n) is 3.18. The number of hydrogen-bond donors (Lipinski definition) is 2. The SMILES string of the molecule is CCOc1ccc2c(c1)Oc1ncn(N)c(=N)c1C2c1ccc(Cl)cc1. The summed E-state index contributed by atoms with van der Waals surface area (Å²) < 4.78 is 12.7. The molecular formula is C19H17ClN4O2. The summed E-state index contributed by atoms with van der Waals surface area (Å²) in [5.74, 6) is 7.38. The Morgan fingerprint density at radius 1 is 1.27 bits per heavy atom. The molecule has 0 radical (unpaired) electrons. The Morgan fingerprint density at radius 2 is 2.04 bits per heavy atom. The van der Waals surface area contributed by atoms with Crippen molar-refractivity contribution in [2.75, 3.05) is 12.4 Å². The first-order valence-corrected chi connectivity index (χ1v) is 8.57. The molecule has 1 aromatic heterocycles. The molecule has 1 unspecified atom stereocenters. The van der Waals surface area contributed by atoms with Gasteiger partial charge in [0.05, 0.1) is 12.2 Å². The number of nitrogen functional groups attached to an aromatic ring is 1. The van der Waals surface area contributed by atoms with Gasteiger partial charge in [0, 0.05) is 22.6 Å². The van der Waals surface area contributed by atoms with E-state index < -0.39 is 0 Å². The number of hydrogen-bond acceptors (Lipinski definition) is 5. The second-order valence-corrected chi connectivity index (χ2v) is 6.37. The van der Waals surface area contributed by atoms with Gasteiger partial charge < -0.3 is 15.3 Å². The molecule has 6 nitrogen and oxygen atoms in total. The average Bonchev–Trinajstić information content (AvgIpc) is 2.64. The molecule has 2 aromatic carbocycles. The van der Waals surface area contributed by atoms with Crippen molar-refractivity contribution in [2.45, 2.75) is 12.8 Å². The summed E-state index contributed by atoms with van der Waals surface area (Å²) >= 11 is 6.05. The normalized spacial score (nSPS) is 14.9. The highest BCUT2D eigenvalue weighted by atomic mass is 35.5. The first-order chi connectivity index (χ1) is 12.6. The summed E-state index contributed by atoms with van der Waals surface area (Å²) in [6.45, 7) is 2.50. The van der Waals surface area contributed by atoms with Crippen molar-refractivity contribution in [3.8, 4) is 17.4 Å². The highest BCUT2D eigenvalue weighted by molar-refractivity contribution is 6.30. The maximum absolute atomic E-state index is 8.41. The van der Waals surface area contributed by atoms with Crippen molar-refractivity contribution in [2.24, 2.45) is 0 Å². The number of benzene rings is 2. The van der Waals surface area contributed by atoms with E-state index in [-0.39, 0.29) is 11.4 Å². The van der Waals surface area contributed by atoms with Crippen LogP contribution in [0.4, 0.5) is 0 Å². The third-order valence-electron chi connectivity index (χ3n) is 4.35. The number of rotatable bonds is 3. The summed E-state index contributed by atoms with van der Waals surface area (Å²) in [4.78, 5) is 4.28. The summed E-state index contributed by atoms with van der Waals surface area (Å²) in [6.07, 6.45) is 1.37. The molecule has 7 heteroatoms. The van der Waals surface area contributed by atoms with E-state index in [0.717, 1.165) is 16.9 Å². The standard InChI is InChI=1S/C19H17ClN4O2/c1-2-25-13-7-8-14-15(9-13)26-19-17(18(21)24(22)10-23-19)16(14)11-3-5-12(20)6-4-11/h3-10,16,21H,2,22H2,1H3. The number of aromatic nitrogens is 2. The summed E-state index contributed by atoms with van der Waals surface area (Å²) in [5, 5.41) is 9.06. The van der Waals surface area contributed by atoms with Gasteiger partial charge in [0.2, 0.25) is 5.88 Å². The van der Waals surface area contributed by atoms with Crippen LogP contribution in [0, 0.1) is 5.41 Å². The third kappa shape index (κ3) is 2.68. The molecular weight excluding hydrogens is 352 g/mol. The Balaban J connectivity index is 1.95. The monoisotopic (exact) mass is 368 g/mol. The molecule has 0 fully saturated rings. The minimum absolute atomic E-state index is 0.148. The van der Waals surface area contributed by atoms with Crippen LogP contribution in [0.1, 0.15) is 29.5 Å². The predicted octanol–water partition coefficient (Wildman–Crippen LogP) is 3.41. The van der Waals surface area contributed by atoms with Gasteiger partial charge in [-0.2, -0.15) is 0 Å². The van der Waals surface area contributed by atoms with Crippen molar-refractivity contribution < 1.29 is 9.47 Å². The Hall–Kier alpha value is -2.99. The molecule has 3 N–H and O–H groups in total. The van der Waals surface area contributed by atoms with E-state index in [1.165, 1.54) is 11.0 Å². The van der Waals surface area contributed by atoms with Gasteiger partial charge in [0.25, 0.3) is 0 Å². The number of nitrogens with one attached hydrogen (secondary N) is 1. The lowest BCUT2D eigenvalue weighted by atomic mass is 9.84. The Kier molecular flexibility index (Phi) is 4.05. The van der Waals surface area contributed by atoms with Crippen LogP contribution in [-0.4, -0.2) is 16.3 Å². The molecule has 4 rings (SSSR count). The molecule has 0 saturated carbocycles. The van der Waals surface area contributed by atoms with E-state index >= 15 is 0 Å². The van der Waals surface area contributed by atoms with Gasteiger partial charge in [-0.1, -0.05) is 29.8 Å². The Bertz CT molecular complexity index is 1030.